The average molecular weight is 713 g/mol. The first-order chi connectivity index (χ1) is 19.6. The molecule has 4 rings (SSSR count). The van der Waals surface area contributed by atoms with Gasteiger partial charge in [-0.1, -0.05) is 76.5 Å². The number of carbonyl (C=O) groups is 1. The van der Waals surface area contributed by atoms with Gasteiger partial charge >= 0.3 is 94.6 Å². The Morgan fingerprint density at radius 2 is 0.933 bits per heavy atom. The van der Waals surface area contributed by atoms with Crippen LogP contribution in [0.3, 0.4) is 0 Å². The van der Waals surface area contributed by atoms with Crippen LogP contribution in [0.25, 0.3) is 32.3 Å². The van der Waals surface area contributed by atoms with Gasteiger partial charge in [-0.2, -0.15) is 25.3 Å². The van der Waals surface area contributed by atoms with Crippen molar-refractivity contribution in [2.24, 2.45) is 0 Å². The molecule has 0 saturated carbocycles. The molecule has 0 bridgehead atoms. The van der Waals surface area contributed by atoms with Crippen LogP contribution in [0.1, 0.15) is 71.1 Å². The van der Waals surface area contributed by atoms with Gasteiger partial charge in [0.15, 0.2) is 0 Å². The Bertz CT molecular complexity index is 1930. The quantitative estimate of drug-likeness (QED) is 0.0424. The molecular formula is C28H35Na3O11S3. The number of ether oxygens (including phenoxy) is 1. The second-order valence-corrected chi connectivity index (χ2v) is 14.5. The first-order valence-corrected chi connectivity index (χ1v) is 17.9. The van der Waals surface area contributed by atoms with Crippen molar-refractivity contribution in [3.63, 3.8) is 0 Å². The molecule has 3 N–H and O–H groups in total. The molecule has 0 atom stereocenters. The fraction of sp³-hybridized carbons (Fsp3) is 0.393. The third-order valence-corrected chi connectivity index (χ3v) is 9.97. The van der Waals surface area contributed by atoms with Crippen LogP contribution in [0.4, 0.5) is 0 Å². The van der Waals surface area contributed by atoms with Crippen LogP contribution in [0.15, 0.2) is 51.1 Å². The Morgan fingerprint density at radius 3 is 1.36 bits per heavy atom. The van der Waals surface area contributed by atoms with Gasteiger partial charge in [-0.05, 0) is 18.6 Å². The van der Waals surface area contributed by atoms with E-state index in [1.165, 1.54) is 43.9 Å². The molecule has 4 aromatic rings. The van der Waals surface area contributed by atoms with Crippen molar-refractivity contribution in [1.29, 1.82) is 0 Å². The summed E-state index contributed by atoms with van der Waals surface area (Å²) in [6.45, 7) is 2.16. The average Bonchev–Trinajstić information content (AvgIpc) is 2.89. The number of benzene rings is 4. The molecule has 0 heterocycles. The van der Waals surface area contributed by atoms with Gasteiger partial charge in [-0.15, -0.1) is 0 Å². The summed E-state index contributed by atoms with van der Waals surface area (Å²) in [5.41, 5.74) is 0. The van der Waals surface area contributed by atoms with Gasteiger partial charge in [-0.25, -0.2) is 0 Å². The number of carbonyl (C=O) groups excluding carboxylic acids is 1. The van der Waals surface area contributed by atoms with Crippen molar-refractivity contribution in [2.75, 3.05) is 0 Å². The molecule has 0 fully saturated rings. The molecule has 0 aliphatic rings. The van der Waals surface area contributed by atoms with Crippen molar-refractivity contribution >= 4 is 157 Å². The molecule has 0 saturated heterocycles. The van der Waals surface area contributed by atoms with E-state index in [9.17, 15) is 43.7 Å². The monoisotopic (exact) mass is 712 g/mol. The summed E-state index contributed by atoms with van der Waals surface area (Å²) in [4.78, 5) is 10.4. The molecule has 0 spiro atoms. The van der Waals surface area contributed by atoms with Crippen molar-refractivity contribution in [1.82, 2.24) is 0 Å². The summed E-state index contributed by atoms with van der Waals surface area (Å²) >= 11 is 0. The van der Waals surface area contributed by atoms with Crippen LogP contribution in [0, 0.1) is 0 Å². The van der Waals surface area contributed by atoms with Crippen LogP contribution in [0.2, 0.25) is 0 Å². The van der Waals surface area contributed by atoms with E-state index in [-0.39, 0.29) is 133 Å². The van der Waals surface area contributed by atoms with Crippen LogP contribution in [0.5, 0.6) is 5.75 Å². The van der Waals surface area contributed by atoms with E-state index in [2.05, 4.69) is 6.92 Å². The van der Waals surface area contributed by atoms with Gasteiger partial charge < -0.3 is 4.74 Å². The molecule has 45 heavy (non-hydrogen) atoms. The predicted octanol–water partition coefficient (Wildman–Crippen LogP) is 4.20. The van der Waals surface area contributed by atoms with Crippen LogP contribution < -0.4 is 4.74 Å². The molecule has 0 amide bonds. The maximum atomic E-state index is 12.8. The van der Waals surface area contributed by atoms with Gasteiger partial charge in [0.1, 0.15) is 20.4 Å². The third-order valence-electron chi connectivity index (χ3n) is 7.29. The van der Waals surface area contributed by atoms with E-state index < -0.39 is 51.0 Å². The van der Waals surface area contributed by atoms with Gasteiger partial charge in [0, 0.05) is 44.8 Å². The molecule has 0 aliphatic carbocycles. The van der Waals surface area contributed by atoms with Crippen molar-refractivity contribution in [2.45, 2.75) is 85.8 Å². The van der Waals surface area contributed by atoms with Gasteiger partial charge in [0.05, 0.1) is 0 Å². The molecule has 0 aromatic heterocycles. The zero-order valence-corrected chi connectivity index (χ0v) is 25.3. The number of unbranched alkanes of at least 4 members (excludes halogenated alkanes) is 8. The summed E-state index contributed by atoms with van der Waals surface area (Å²) in [5.74, 6) is -0.914. The van der Waals surface area contributed by atoms with E-state index >= 15 is 0 Å². The SMILES string of the molecule is CCCCCCCCCCCC(=O)Oc1cc(S(=O)(=O)O)c2ccc3c(S(=O)(=O)O)cc(S(=O)(=O)O)c4ccc1c2c43.[NaH].[NaH].[NaH]. The number of esters is 1. The number of hydrogen-bond acceptors (Lipinski definition) is 8. The fourth-order valence-electron chi connectivity index (χ4n) is 5.34. The van der Waals surface area contributed by atoms with Crippen molar-refractivity contribution in [3.05, 3.63) is 36.4 Å². The maximum absolute atomic E-state index is 12.8. The minimum atomic E-state index is -5.03. The third kappa shape index (κ3) is 10.3. The standard InChI is InChI=1S/C28H32O11S3.3Na.3H/c1-2-3-4-5-6-7-8-9-10-11-26(29)39-22-16-23(40(30,31)32)19-14-15-21-25(42(36,37)38)17-24(41(33,34)35)20-13-12-18(22)27(19)28(20)21;;;;;;/h12-17H,2-11H2,1H3,(H,30,31,32)(H,33,34,35)(H,36,37,38);;;;;;. The minimum absolute atomic E-state index is 0. The van der Waals surface area contributed by atoms with E-state index in [0.29, 0.717) is 12.5 Å². The van der Waals surface area contributed by atoms with E-state index in [4.69, 9.17) is 4.74 Å². The Hall–Kier alpha value is 0.120. The zero-order chi connectivity index (χ0) is 30.9. The molecule has 0 aliphatic heterocycles. The Balaban J connectivity index is 0.00000337. The molecule has 17 heteroatoms. The van der Waals surface area contributed by atoms with Gasteiger partial charge in [0.25, 0.3) is 30.4 Å². The summed E-state index contributed by atoms with van der Waals surface area (Å²) in [6, 6.07) is 6.47. The fourth-order valence-corrected chi connectivity index (χ4v) is 7.55. The van der Waals surface area contributed by atoms with E-state index in [1.807, 2.05) is 0 Å². The topological polar surface area (TPSA) is 189 Å². The van der Waals surface area contributed by atoms with Crippen LogP contribution in [-0.2, 0) is 35.1 Å². The first kappa shape index (κ1) is 43.1. The summed E-state index contributed by atoms with van der Waals surface area (Å²) in [6.07, 6.45) is 9.31. The molecule has 4 aromatic carbocycles. The van der Waals surface area contributed by atoms with Crippen molar-refractivity contribution < 1.29 is 48.4 Å². The van der Waals surface area contributed by atoms with Crippen LogP contribution in [-0.4, -0.2) is 134 Å². The van der Waals surface area contributed by atoms with Crippen molar-refractivity contribution in [3.8, 4) is 5.75 Å². The number of hydrogen-bond donors (Lipinski definition) is 3. The van der Waals surface area contributed by atoms with Gasteiger partial charge in [0.2, 0.25) is 0 Å². The van der Waals surface area contributed by atoms with Gasteiger partial charge in [-0.3, -0.25) is 18.5 Å². The molecule has 11 nitrogen and oxygen atoms in total. The predicted molar refractivity (Wildman–Crippen MR) is 179 cm³/mol. The summed E-state index contributed by atoms with van der Waals surface area (Å²) in [7, 11) is -15.0. The Labute approximate surface area is 329 Å². The van der Waals surface area contributed by atoms with Crippen LogP contribution >= 0.6 is 0 Å². The Kier molecular flexibility index (Phi) is 16.9. The zero-order valence-electron chi connectivity index (χ0n) is 22.9. The molecule has 0 radical (unpaired) electrons. The molecule has 0 unspecified atom stereocenters. The second-order valence-electron chi connectivity index (χ2n) is 10.3. The first-order valence-electron chi connectivity index (χ1n) is 13.6. The molecular weight excluding hydrogens is 677 g/mol. The molecule has 234 valence electrons. The summed E-state index contributed by atoms with van der Waals surface area (Å²) in [5, 5.41) is -0.575. The normalized spacial score (nSPS) is 12.1. The summed E-state index contributed by atoms with van der Waals surface area (Å²) < 4.78 is 109. The van der Waals surface area contributed by atoms with E-state index in [1.54, 1.807) is 0 Å². The van der Waals surface area contributed by atoms with E-state index in [0.717, 1.165) is 37.8 Å². The number of rotatable bonds is 14. The Morgan fingerprint density at radius 1 is 0.578 bits per heavy atom. The second kappa shape index (κ2) is 17.7.